The number of rotatable bonds is 3. The molecule has 0 fully saturated rings. The number of aromatic nitrogens is 1. The summed E-state index contributed by atoms with van der Waals surface area (Å²) in [6, 6.07) is 5.62. The van der Waals surface area contributed by atoms with Crippen LogP contribution in [0.1, 0.15) is 30.2 Å². The van der Waals surface area contributed by atoms with Crippen LogP contribution in [0.25, 0.3) is 0 Å². The minimum absolute atomic E-state index is 0.207. The molecule has 1 aliphatic heterocycles. The van der Waals surface area contributed by atoms with Crippen molar-refractivity contribution in [3.8, 4) is 0 Å². The van der Waals surface area contributed by atoms with E-state index in [1.807, 2.05) is 24.4 Å². The Morgan fingerprint density at radius 2 is 2.27 bits per heavy atom. The number of hydrogen-bond acceptors (Lipinski definition) is 5. The minimum Gasteiger partial charge on any atom is -0.465 e. The number of aliphatic imine (C=N–C) groups is 1. The fraction of sp³-hybridized carbons (Fsp3) is 0.312. The predicted octanol–water partition coefficient (Wildman–Crippen LogP) is 2.85. The molecule has 0 spiro atoms. The molecular weight excluding hydrogens is 300 g/mol. The van der Waals surface area contributed by atoms with Gasteiger partial charge in [-0.05, 0) is 31.4 Å². The summed E-state index contributed by atoms with van der Waals surface area (Å²) >= 11 is 1.53. The fourth-order valence-corrected chi connectivity index (χ4v) is 3.73. The molecule has 2 atom stereocenters. The first-order chi connectivity index (χ1) is 10.6. The monoisotopic (exact) mass is 316 g/mol. The van der Waals surface area contributed by atoms with Crippen LogP contribution in [0.2, 0.25) is 0 Å². The van der Waals surface area contributed by atoms with E-state index in [0.29, 0.717) is 23.6 Å². The van der Waals surface area contributed by atoms with E-state index in [1.54, 1.807) is 19.2 Å². The first kappa shape index (κ1) is 14.7. The van der Waals surface area contributed by atoms with Crippen molar-refractivity contribution < 1.29 is 9.53 Å². The summed E-state index contributed by atoms with van der Waals surface area (Å²) < 4.78 is 5.21. The van der Waals surface area contributed by atoms with E-state index >= 15 is 0 Å². The van der Waals surface area contributed by atoms with Gasteiger partial charge in [0, 0.05) is 22.7 Å². The number of carbonyl (C=O) groups excluding carboxylic acids is 1. The van der Waals surface area contributed by atoms with E-state index < -0.39 is 5.92 Å². The molecule has 22 heavy (non-hydrogen) atoms. The number of fused-ring (bicyclic) bond motifs is 1. The molecule has 5 nitrogen and oxygen atoms in total. The van der Waals surface area contributed by atoms with Crippen molar-refractivity contribution >= 4 is 28.7 Å². The highest BCUT2D eigenvalue weighted by Crippen LogP contribution is 2.42. The molecule has 0 aliphatic carbocycles. The molecule has 0 saturated heterocycles. The Bertz CT molecular complexity index is 777. The summed E-state index contributed by atoms with van der Waals surface area (Å²) in [4.78, 5) is 32.9. The quantitative estimate of drug-likeness (QED) is 0.885. The second-order valence-corrected chi connectivity index (χ2v) is 6.06. The number of H-pyrrole nitrogens is 1. The Kier molecular flexibility index (Phi) is 3.94. The number of aromatic amines is 1. The van der Waals surface area contributed by atoms with Crippen LogP contribution in [-0.2, 0) is 9.53 Å². The molecule has 1 N–H and O–H groups in total. The van der Waals surface area contributed by atoms with Gasteiger partial charge in [0.2, 0.25) is 0 Å². The molecule has 2 unspecified atom stereocenters. The van der Waals surface area contributed by atoms with Gasteiger partial charge in [0.05, 0.1) is 17.9 Å². The summed E-state index contributed by atoms with van der Waals surface area (Å²) in [6.45, 7) is 3.89. The van der Waals surface area contributed by atoms with Gasteiger partial charge in [-0.3, -0.25) is 14.6 Å². The van der Waals surface area contributed by atoms with Gasteiger partial charge < -0.3 is 9.72 Å². The predicted molar refractivity (Wildman–Crippen MR) is 86.1 cm³/mol. The van der Waals surface area contributed by atoms with Crippen LogP contribution in [-0.4, -0.2) is 23.3 Å². The van der Waals surface area contributed by atoms with E-state index in [2.05, 4.69) is 9.98 Å². The van der Waals surface area contributed by atoms with Gasteiger partial charge in [0.25, 0.3) is 5.56 Å². The molecule has 0 amide bonds. The van der Waals surface area contributed by atoms with Crippen LogP contribution < -0.4 is 5.56 Å². The fourth-order valence-electron chi connectivity index (χ4n) is 2.86. The average Bonchev–Trinajstić information content (AvgIpc) is 3.00. The van der Waals surface area contributed by atoms with Crippen LogP contribution in [0.5, 0.6) is 0 Å². The second kappa shape index (κ2) is 5.88. The van der Waals surface area contributed by atoms with Gasteiger partial charge in [0.1, 0.15) is 5.92 Å². The normalized spacial score (nSPS) is 20.2. The van der Waals surface area contributed by atoms with E-state index in [-0.39, 0.29) is 17.4 Å². The maximum atomic E-state index is 12.4. The number of nitrogens with one attached hydrogen (secondary N) is 1. The second-order valence-electron chi connectivity index (χ2n) is 5.08. The third-order valence-electron chi connectivity index (χ3n) is 3.76. The van der Waals surface area contributed by atoms with Gasteiger partial charge in [-0.2, -0.15) is 0 Å². The molecule has 0 saturated carbocycles. The van der Waals surface area contributed by atoms with Crippen LogP contribution in [0.15, 0.2) is 39.6 Å². The molecule has 6 heteroatoms. The number of thiophene rings is 1. The van der Waals surface area contributed by atoms with Crippen molar-refractivity contribution in [3.05, 3.63) is 50.6 Å². The summed E-state index contributed by atoms with van der Waals surface area (Å²) in [5, 5.41) is 1.94. The Balaban J connectivity index is 2.21. The SMILES string of the molecule is CCOC(=O)C1C(C)=Nc2cc[nH]c(=O)c2C1c1cccs1. The Labute approximate surface area is 131 Å². The lowest BCUT2D eigenvalue weighted by Gasteiger charge is -2.29. The third kappa shape index (κ3) is 2.39. The van der Waals surface area contributed by atoms with E-state index in [9.17, 15) is 9.59 Å². The molecule has 3 rings (SSSR count). The lowest BCUT2D eigenvalue weighted by atomic mass is 9.80. The smallest absolute Gasteiger partial charge is 0.315 e. The Morgan fingerprint density at radius 3 is 2.95 bits per heavy atom. The highest BCUT2D eigenvalue weighted by molar-refractivity contribution is 7.10. The van der Waals surface area contributed by atoms with Crippen molar-refractivity contribution in [1.82, 2.24) is 4.98 Å². The Morgan fingerprint density at radius 1 is 1.45 bits per heavy atom. The van der Waals surface area contributed by atoms with Crippen molar-refractivity contribution in [2.75, 3.05) is 6.61 Å². The van der Waals surface area contributed by atoms with Crippen molar-refractivity contribution in [3.63, 3.8) is 0 Å². The lowest BCUT2D eigenvalue weighted by Crippen LogP contribution is -2.36. The Hall–Kier alpha value is -2.21. The van der Waals surface area contributed by atoms with Gasteiger partial charge in [-0.1, -0.05) is 6.07 Å². The van der Waals surface area contributed by atoms with Crippen molar-refractivity contribution in [2.45, 2.75) is 19.8 Å². The van der Waals surface area contributed by atoms with Crippen molar-refractivity contribution in [1.29, 1.82) is 0 Å². The largest absolute Gasteiger partial charge is 0.465 e. The third-order valence-corrected chi connectivity index (χ3v) is 4.71. The maximum Gasteiger partial charge on any atom is 0.315 e. The summed E-state index contributed by atoms with van der Waals surface area (Å²) in [7, 11) is 0. The number of hydrogen-bond donors (Lipinski definition) is 1. The number of nitrogens with zero attached hydrogens (tertiary/aromatic N) is 1. The number of esters is 1. The van der Waals surface area contributed by atoms with E-state index in [1.165, 1.54) is 11.3 Å². The van der Waals surface area contributed by atoms with Gasteiger partial charge in [-0.25, -0.2) is 0 Å². The van der Waals surface area contributed by atoms with Crippen LogP contribution in [0.3, 0.4) is 0 Å². The highest BCUT2D eigenvalue weighted by atomic mass is 32.1. The van der Waals surface area contributed by atoms with Crippen molar-refractivity contribution in [2.24, 2.45) is 10.9 Å². The molecule has 114 valence electrons. The number of pyridine rings is 1. The molecule has 2 aromatic heterocycles. The molecule has 1 aliphatic rings. The van der Waals surface area contributed by atoms with E-state index in [4.69, 9.17) is 4.74 Å². The molecular formula is C16H16N2O3S. The number of ether oxygens (including phenoxy) is 1. The summed E-state index contributed by atoms with van der Waals surface area (Å²) in [6.07, 6.45) is 1.58. The van der Waals surface area contributed by atoms with Gasteiger partial charge >= 0.3 is 5.97 Å². The summed E-state index contributed by atoms with van der Waals surface area (Å²) in [5.41, 5.74) is 1.63. The zero-order valence-electron chi connectivity index (χ0n) is 12.3. The van der Waals surface area contributed by atoms with Crippen LogP contribution in [0.4, 0.5) is 5.69 Å². The molecule has 0 aromatic carbocycles. The molecule has 0 radical (unpaired) electrons. The number of carbonyl (C=O) groups is 1. The van der Waals surface area contributed by atoms with Crippen LogP contribution >= 0.6 is 11.3 Å². The standard InChI is InChI=1S/C16H16N2O3S/c1-3-21-16(20)12-9(2)18-10-6-7-17-15(19)13(10)14(12)11-5-4-8-22-11/h4-8,12,14H,3H2,1-2H3,(H,17,19). The van der Waals surface area contributed by atoms with E-state index in [0.717, 1.165) is 4.88 Å². The lowest BCUT2D eigenvalue weighted by molar-refractivity contribution is -0.145. The minimum atomic E-state index is -0.561. The molecule has 2 aromatic rings. The first-order valence-corrected chi connectivity index (χ1v) is 7.98. The topological polar surface area (TPSA) is 71.5 Å². The van der Waals surface area contributed by atoms with Crippen LogP contribution in [0, 0.1) is 5.92 Å². The van der Waals surface area contributed by atoms with Gasteiger partial charge in [0.15, 0.2) is 0 Å². The molecule has 0 bridgehead atoms. The molecule has 3 heterocycles. The zero-order chi connectivity index (χ0) is 15.7. The van der Waals surface area contributed by atoms with Gasteiger partial charge in [-0.15, -0.1) is 11.3 Å². The summed E-state index contributed by atoms with van der Waals surface area (Å²) in [5.74, 6) is -1.25. The maximum absolute atomic E-state index is 12.4. The average molecular weight is 316 g/mol. The first-order valence-electron chi connectivity index (χ1n) is 7.10. The highest BCUT2D eigenvalue weighted by Gasteiger charge is 2.40. The zero-order valence-corrected chi connectivity index (χ0v) is 13.1.